The van der Waals surface area contributed by atoms with Crippen LogP contribution in [0.5, 0.6) is 0 Å². The summed E-state index contributed by atoms with van der Waals surface area (Å²) >= 11 is 0. The van der Waals surface area contributed by atoms with E-state index in [0.717, 1.165) is 70.6 Å². The molecule has 1 saturated heterocycles. The molecule has 6 N–H and O–H groups in total. The fourth-order valence-corrected chi connectivity index (χ4v) is 10.3. The van der Waals surface area contributed by atoms with Crippen LogP contribution in [0.1, 0.15) is 296 Å². The van der Waals surface area contributed by atoms with E-state index >= 15 is 0 Å². The second-order valence-corrected chi connectivity index (χ2v) is 22.9. The van der Waals surface area contributed by atoms with Crippen molar-refractivity contribution in [3.63, 3.8) is 0 Å². The van der Waals surface area contributed by atoms with Gasteiger partial charge in [0.05, 0.1) is 25.4 Å². The summed E-state index contributed by atoms with van der Waals surface area (Å²) in [6, 6.07) is -0.827. The molecular formula is C70H125NO8. The van der Waals surface area contributed by atoms with Gasteiger partial charge in [-0.25, -0.2) is 0 Å². The number of hydrogen-bond donors (Lipinski definition) is 6. The zero-order valence-corrected chi connectivity index (χ0v) is 51.1. The Bertz CT molecular complexity index is 1520. The van der Waals surface area contributed by atoms with Gasteiger partial charge in [-0.2, -0.15) is 0 Å². The maximum absolute atomic E-state index is 13.1. The van der Waals surface area contributed by atoms with Gasteiger partial charge in [-0.3, -0.25) is 4.79 Å². The molecule has 1 rings (SSSR count). The molecule has 9 nitrogen and oxygen atoms in total. The van der Waals surface area contributed by atoms with Crippen LogP contribution in [0, 0.1) is 0 Å². The largest absolute Gasteiger partial charge is 0.394 e. The molecule has 0 aliphatic carbocycles. The first-order valence-electron chi connectivity index (χ1n) is 33.3. The minimum Gasteiger partial charge on any atom is -0.394 e. The van der Waals surface area contributed by atoms with Crippen LogP contribution >= 0.6 is 0 Å². The Morgan fingerprint density at radius 1 is 0.443 bits per heavy atom. The molecule has 0 aromatic rings. The fraction of sp³-hybridized carbons (Fsp3) is 0.786. The van der Waals surface area contributed by atoms with Gasteiger partial charge in [0.15, 0.2) is 6.29 Å². The van der Waals surface area contributed by atoms with Gasteiger partial charge in [-0.1, -0.05) is 298 Å². The second kappa shape index (κ2) is 58.6. The Kier molecular flexibility index (Phi) is 55.1. The van der Waals surface area contributed by atoms with Gasteiger partial charge in [0.1, 0.15) is 24.4 Å². The molecule has 7 unspecified atom stereocenters. The van der Waals surface area contributed by atoms with Crippen molar-refractivity contribution >= 4 is 5.91 Å². The summed E-state index contributed by atoms with van der Waals surface area (Å²) in [4.78, 5) is 13.1. The van der Waals surface area contributed by atoms with Crippen molar-refractivity contribution in [1.29, 1.82) is 0 Å². The molecule has 458 valence electrons. The van der Waals surface area contributed by atoms with Crippen LogP contribution in [0.2, 0.25) is 0 Å². The smallest absolute Gasteiger partial charge is 0.220 e. The van der Waals surface area contributed by atoms with Gasteiger partial charge in [-0.15, -0.1) is 0 Å². The maximum atomic E-state index is 13.1. The number of unbranched alkanes of at least 4 members (excludes halogenated alkanes) is 35. The molecule has 0 aromatic carbocycles. The molecule has 0 aromatic heterocycles. The molecule has 1 fully saturated rings. The first-order valence-corrected chi connectivity index (χ1v) is 33.3. The molecule has 7 atom stereocenters. The first-order chi connectivity index (χ1) is 38.8. The highest BCUT2D eigenvalue weighted by molar-refractivity contribution is 5.76. The number of carbonyl (C=O) groups excluding carboxylic acids is 1. The minimum atomic E-state index is -1.58. The zero-order chi connectivity index (χ0) is 57.2. The van der Waals surface area contributed by atoms with Gasteiger partial charge < -0.3 is 40.3 Å². The lowest BCUT2D eigenvalue weighted by molar-refractivity contribution is -0.302. The van der Waals surface area contributed by atoms with Crippen molar-refractivity contribution in [2.24, 2.45) is 0 Å². The highest BCUT2D eigenvalue weighted by Crippen LogP contribution is 2.23. The van der Waals surface area contributed by atoms with E-state index in [1.54, 1.807) is 6.08 Å². The van der Waals surface area contributed by atoms with Crippen molar-refractivity contribution in [3.05, 3.63) is 85.1 Å². The Morgan fingerprint density at radius 3 is 1.22 bits per heavy atom. The summed E-state index contributed by atoms with van der Waals surface area (Å²) in [6.45, 7) is 3.68. The third-order valence-electron chi connectivity index (χ3n) is 15.5. The van der Waals surface area contributed by atoms with Crippen LogP contribution in [-0.2, 0) is 14.3 Å². The molecule has 1 aliphatic heterocycles. The predicted molar refractivity (Wildman–Crippen MR) is 336 cm³/mol. The maximum Gasteiger partial charge on any atom is 0.220 e. The van der Waals surface area contributed by atoms with Gasteiger partial charge in [-0.05, 0) is 77.0 Å². The van der Waals surface area contributed by atoms with Crippen LogP contribution in [0.25, 0.3) is 0 Å². The van der Waals surface area contributed by atoms with E-state index in [0.29, 0.717) is 6.42 Å². The summed E-state index contributed by atoms with van der Waals surface area (Å²) in [6.07, 6.45) is 76.7. The summed E-state index contributed by atoms with van der Waals surface area (Å²) < 4.78 is 11.3. The first kappa shape index (κ1) is 74.4. The average Bonchev–Trinajstić information content (AvgIpc) is 3.47. The molecule has 1 heterocycles. The van der Waals surface area contributed by atoms with Crippen LogP contribution in [-0.4, -0.2) is 87.5 Å². The van der Waals surface area contributed by atoms with E-state index in [2.05, 4.69) is 92.1 Å². The third-order valence-corrected chi connectivity index (χ3v) is 15.5. The number of allylic oxidation sites excluding steroid dienone is 13. The van der Waals surface area contributed by atoms with Gasteiger partial charge in [0.25, 0.3) is 0 Å². The summed E-state index contributed by atoms with van der Waals surface area (Å²) in [5.41, 5.74) is 0. The van der Waals surface area contributed by atoms with E-state index in [-0.39, 0.29) is 12.5 Å². The molecule has 0 bridgehead atoms. The molecule has 0 radical (unpaired) electrons. The van der Waals surface area contributed by atoms with Gasteiger partial charge in [0.2, 0.25) is 5.91 Å². The minimum absolute atomic E-state index is 0.186. The molecule has 0 saturated carbocycles. The molecule has 79 heavy (non-hydrogen) atoms. The Morgan fingerprint density at radius 2 is 0.797 bits per heavy atom. The van der Waals surface area contributed by atoms with E-state index in [1.165, 1.54) is 205 Å². The standard InChI is InChI=1S/C70H125NO8/c1-3-5-7-9-11-13-15-17-19-21-23-25-27-29-30-31-32-33-34-36-38-40-42-44-46-48-50-52-54-56-58-60-66(74)71-63(62-78-70-69(77)68(76)67(75)65(61-72)79-70)64(73)59-57-55-53-51-49-47-45-43-41-39-37-35-28-26-24-22-20-18-16-14-12-10-8-6-4-2/h5,7,11,13,17,19,23,25,29-30,49,51,57,59,63-65,67-70,72-73,75-77H,3-4,6,8-10,12,14-16,18,20-22,24,26-28,31-48,50,52-56,58,60-62H2,1-2H3,(H,71,74)/b7-5-,13-11-,19-17-,25-23-,30-29-,51-49+,59-57+. The number of carbonyl (C=O) groups is 1. The van der Waals surface area contributed by atoms with Crippen molar-refractivity contribution in [2.75, 3.05) is 13.2 Å². The van der Waals surface area contributed by atoms with Crippen LogP contribution < -0.4 is 5.32 Å². The molecule has 0 spiro atoms. The summed E-state index contributed by atoms with van der Waals surface area (Å²) in [5.74, 6) is -0.186. The predicted octanol–water partition coefficient (Wildman–Crippen LogP) is 17.7. The lowest BCUT2D eigenvalue weighted by atomic mass is 9.99. The lowest BCUT2D eigenvalue weighted by Gasteiger charge is -2.40. The van der Waals surface area contributed by atoms with Crippen LogP contribution in [0.15, 0.2) is 85.1 Å². The normalized spacial score (nSPS) is 19.1. The monoisotopic (exact) mass is 1110 g/mol. The molecule has 1 aliphatic rings. The van der Waals surface area contributed by atoms with Crippen molar-refractivity contribution in [1.82, 2.24) is 5.32 Å². The van der Waals surface area contributed by atoms with E-state index in [9.17, 15) is 30.3 Å². The molecule has 1 amide bonds. The number of hydrogen-bond acceptors (Lipinski definition) is 8. The Labute approximate surface area is 486 Å². The Balaban J connectivity index is 2.17. The van der Waals surface area contributed by atoms with Crippen LogP contribution in [0.3, 0.4) is 0 Å². The number of rotatable bonds is 57. The highest BCUT2D eigenvalue weighted by Gasteiger charge is 2.44. The Hall–Kier alpha value is -2.63. The lowest BCUT2D eigenvalue weighted by Crippen LogP contribution is -2.60. The number of nitrogens with one attached hydrogen (secondary N) is 1. The van der Waals surface area contributed by atoms with Gasteiger partial charge in [0, 0.05) is 6.42 Å². The van der Waals surface area contributed by atoms with E-state index < -0.39 is 49.5 Å². The van der Waals surface area contributed by atoms with Crippen molar-refractivity contribution < 1.29 is 39.8 Å². The summed E-state index contributed by atoms with van der Waals surface area (Å²) in [5, 5.41) is 54.7. The summed E-state index contributed by atoms with van der Waals surface area (Å²) in [7, 11) is 0. The highest BCUT2D eigenvalue weighted by atomic mass is 16.7. The topological polar surface area (TPSA) is 149 Å². The number of ether oxygens (including phenoxy) is 2. The third kappa shape index (κ3) is 47.6. The van der Waals surface area contributed by atoms with Crippen molar-refractivity contribution in [3.8, 4) is 0 Å². The molecule has 9 heteroatoms. The fourth-order valence-electron chi connectivity index (χ4n) is 10.3. The van der Waals surface area contributed by atoms with Crippen LogP contribution in [0.4, 0.5) is 0 Å². The second-order valence-electron chi connectivity index (χ2n) is 22.9. The number of aliphatic hydroxyl groups is 5. The molecular weight excluding hydrogens is 983 g/mol. The van der Waals surface area contributed by atoms with Crippen molar-refractivity contribution in [2.45, 2.75) is 339 Å². The van der Waals surface area contributed by atoms with E-state index in [4.69, 9.17) is 9.47 Å². The average molecular weight is 1110 g/mol. The SMILES string of the molecule is CC/C=C\C/C=C\C/C=C\C/C=C\C/C=C\CCCCCCCCCCCCCCCCCC(=O)NC(COC1OC(CO)C(O)C(O)C1O)C(O)/C=C/CC/C=C/CCCCCCCCCCCCCCCCCCCCC. The van der Waals surface area contributed by atoms with E-state index in [1.807, 2.05) is 6.08 Å². The number of aliphatic hydroxyl groups excluding tert-OH is 5. The zero-order valence-electron chi connectivity index (χ0n) is 51.1. The number of amides is 1. The quantitative estimate of drug-likeness (QED) is 0.0261. The van der Waals surface area contributed by atoms with Gasteiger partial charge >= 0.3 is 0 Å².